The van der Waals surface area contributed by atoms with Gasteiger partial charge in [0.25, 0.3) is 0 Å². The first-order valence-electron chi connectivity index (χ1n) is 6.00. The SMILES string of the molecule is CCc1noc(CN[C@H](C)c2ccccc2Cl)n1. The number of aryl methyl sites for hydroxylation is 1. The van der Waals surface area contributed by atoms with Crippen molar-refractivity contribution in [2.45, 2.75) is 32.9 Å². The molecule has 1 atom stereocenters. The Morgan fingerprint density at radius 2 is 2.17 bits per heavy atom. The van der Waals surface area contributed by atoms with Gasteiger partial charge < -0.3 is 9.84 Å². The molecule has 18 heavy (non-hydrogen) atoms. The van der Waals surface area contributed by atoms with Gasteiger partial charge in [0.1, 0.15) is 0 Å². The first kappa shape index (κ1) is 13.1. The van der Waals surface area contributed by atoms with E-state index in [-0.39, 0.29) is 6.04 Å². The third-order valence-electron chi connectivity index (χ3n) is 2.76. The maximum absolute atomic E-state index is 6.14. The third-order valence-corrected chi connectivity index (χ3v) is 3.10. The number of benzene rings is 1. The van der Waals surface area contributed by atoms with Gasteiger partial charge in [-0.05, 0) is 18.6 Å². The zero-order valence-corrected chi connectivity index (χ0v) is 11.2. The summed E-state index contributed by atoms with van der Waals surface area (Å²) < 4.78 is 5.12. The minimum absolute atomic E-state index is 0.135. The van der Waals surface area contributed by atoms with Crippen LogP contribution in [0.3, 0.4) is 0 Å². The molecule has 0 aliphatic rings. The summed E-state index contributed by atoms with van der Waals surface area (Å²) in [6.45, 7) is 4.59. The number of aromatic nitrogens is 2. The fraction of sp³-hybridized carbons (Fsp3) is 0.385. The van der Waals surface area contributed by atoms with Crippen LogP contribution in [-0.4, -0.2) is 10.1 Å². The Labute approximate surface area is 111 Å². The molecule has 5 heteroatoms. The summed E-state index contributed by atoms with van der Waals surface area (Å²) >= 11 is 6.14. The van der Waals surface area contributed by atoms with E-state index in [0.717, 1.165) is 22.8 Å². The van der Waals surface area contributed by atoms with Gasteiger partial charge in [-0.25, -0.2) is 0 Å². The van der Waals surface area contributed by atoms with Crippen molar-refractivity contribution in [3.05, 3.63) is 46.6 Å². The molecule has 1 N–H and O–H groups in total. The summed E-state index contributed by atoms with van der Waals surface area (Å²) in [7, 11) is 0. The summed E-state index contributed by atoms with van der Waals surface area (Å²) in [5, 5.41) is 7.92. The topological polar surface area (TPSA) is 51.0 Å². The summed E-state index contributed by atoms with van der Waals surface area (Å²) in [4.78, 5) is 4.24. The molecule has 1 aromatic heterocycles. The van der Waals surface area contributed by atoms with Crippen molar-refractivity contribution in [1.82, 2.24) is 15.5 Å². The molecule has 0 fully saturated rings. The number of halogens is 1. The van der Waals surface area contributed by atoms with Crippen molar-refractivity contribution in [1.29, 1.82) is 0 Å². The highest BCUT2D eigenvalue weighted by Crippen LogP contribution is 2.22. The van der Waals surface area contributed by atoms with E-state index in [2.05, 4.69) is 22.4 Å². The number of hydrogen-bond acceptors (Lipinski definition) is 4. The van der Waals surface area contributed by atoms with E-state index in [1.165, 1.54) is 0 Å². The molecule has 1 aromatic carbocycles. The van der Waals surface area contributed by atoms with Crippen molar-refractivity contribution >= 4 is 11.6 Å². The normalized spacial score (nSPS) is 12.6. The number of hydrogen-bond donors (Lipinski definition) is 1. The first-order chi connectivity index (χ1) is 8.70. The van der Waals surface area contributed by atoms with E-state index in [9.17, 15) is 0 Å². The molecule has 0 spiro atoms. The van der Waals surface area contributed by atoms with Gasteiger partial charge in [0, 0.05) is 17.5 Å². The lowest BCUT2D eigenvalue weighted by molar-refractivity contribution is 0.356. The molecule has 0 unspecified atom stereocenters. The molecule has 0 amide bonds. The molecule has 2 aromatic rings. The largest absolute Gasteiger partial charge is 0.338 e. The second kappa shape index (κ2) is 5.98. The molecule has 0 saturated carbocycles. The summed E-state index contributed by atoms with van der Waals surface area (Å²) in [6.07, 6.45) is 0.781. The number of nitrogens with zero attached hydrogens (tertiary/aromatic N) is 2. The van der Waals surface area contributed by atoms with Gasteiger partial charge in [0.2, 0.25) is 5.89 Å². The molecule has 1 heterocycles. The van der Waals surface area contributed by atoms with Crippen molar-refractivity contribution in [3.8, 4) is 0 Å². The van der Waals surface area contributed by atoms with Gasteiger partial charge >= 0.3 is 0 Å². The monoisotopic (exact) mass is 265 g/mol. The average Bonchev–Trinajstić information content (AvgIpc) is 2.84. The highest BCUT2D eigenvalue weighted by atomic mass is 35.5. The van der Waals surface area contributed by atoms with Crippen LogP contribution >= 0.6 is 11.6 Å². The second-order valence-corrected chi connectivity index (χ2v) is 4.49. The predicted molar refractivity (Wildman–Crippen MR) is 70.4 cm³/mol. The second-order valence-electron chi connectivity index (χ2n) is 4.08. The average molecular weight is 266 g/mol. The van der Waals surface area contributed by atoms with Crippen LogP contribution in [0.1, 0.15) is 37.2 Å². The van der Waals surface area contributed by atoms with Gasteiger partial charge in [0.05, 0.1) is 6.54 Å². The molecular weight excluding hydrogens is 250 g/mol. The van der Waals surface area contributed by atoms with Crippen molar-refractivity contribution in [2.75, 3.05) is 0 Å². The van der Waals surface area contributed by atoms with Gasteiger partial charge in [-0.3, -0.25) is 0 Å². The van der Waals surface area contributed by atoms with Crippen LogP contribution < -0.4 is 5.32 Å². The Balaban J connectivity index is 1.96. The quantitative estimate of drug-likeness (QED) is 0.902. The van der Waals surface area contributed by atoms with Crippen LogP contribution in [0.25, 0.3) is 0 Å². The number of nitrogens with one attached hydrogen (secondary N) is 1. The molecule has 0 aliphatic carbocycles. The predicted octanol–water partition coefficient (Wildman–Crippen LogP) is 3.14. The molecule has 0 aliphatic heterocycles. The maximum atomic E-state index is 6.14. The zero-order chi connectivity index (χ0) is 13.0. The van der Waals surface area contributed by atoms with E-state index in [0.29, 0.717) is 12.4 Å². The van der Waals surface area contributed by atoms with Gasteiger partial charge in [-0.1, -0.05) is 41.9 Å². The Morgan fingerprint density at radius 3 is 2.83 bits per heavy atom. The molecule has 0 bridgehead atoms. The van der Waals surface area contributed by atoms with Crippen LogP contribution in [0, 0.1) is 0 Å². The lowest BCUT2D eigenvalue weighted by Gasteiger charge is -2.13. The molecule has 96 valence electrons. The van der Waals surface area contributed by atoms with Gasteiger partial charge in [0.15, 0.2) is 5.82 Å². The van der Waals surface area contributed by atoms with E-state index in [1.54, 1.807) is 0 Å². The fourth-order valence-electron chi connectivity index (χ4n) is 1.68. The highest BCUT2D eigenvalue weighted by molar-refractivity contribution is 6.31. The van der Waals surface area contributed by atoms with E-state index < -0.39 is 0 Å². The third kappa shape index (κ3) is 3.09. The maximum Gasteiger partial charge on any atom is 0.240 e. The Bertz CT molecular complexity index is 512. The lowest BCUT2D eigenvalue weighted by atomic mass is 10.1. The first-order valence-corrected chi connectivity index (χ1v) is 6.37. The Hall–Kier alpha value is -1.39. The van der Waals surface area contributed by atoms with E-state index in [4.69, 9.17) is 16.1 Å². The van der Waals surface area contributed by atoms with Crippen molar-refractivity contribution < 1.29 is 4.52 Å². The van der Waals surface area contributed by atoms with E-state index >= 15 is 0 Å². The summed E-state index contributed by atoms with van der Waals surface area (Å²) in [5.74, 6) is 1.34. The molecule has 2 rings (SSSR count). The van der Waals surface area contributed by atoms with E-state index in [1.807, 2.05) is 31.2 Å². The smallest absolute Gasteiger partial charge is 0.240 e. The standard InChI is InChI=1S/C13H16ClN3O/c1-3-12-16-13(18-17-12)8-15-9(2)10-6-4-5-7-11(10)14/h4-7,9,15H,3,8H2,1-2H3/t9-/m1/s1. The van der Waals surface area contributed by atoms with Crippen LogP contribution in [0.15, 0.2) is 28.8 Å². The minimum Gasteiger partial charge on any atom is -0.338 e. The van der Waals surface area contributed by atoms with Crippen molar-refractivity contribution in [2.24, 2.45) is 0 Å². The van der Waals surface area contributed by atoms with Gasteiger partial charge in [-0.15, -0.1) is 0 Å². The Morgan fingerprint density at radius 1 is 1.39 bits per heavy atom. The van der Waals surface area contributed by atoms with Crippen LogP contribution in [-0.2, 0) is 13.0 Å². The van der Waals surface area contributed by atoms with Gasteiger partial charge in [-0.2, -0.15) is 4.98 Å². The highest BCUT2D eigenvalue weighted by Gasteiger charge is 2.10. The number of rotatable bonds is 5. The molecule has 0 radical (unpaired) electrons. The Kier molecular flexibility index (Phi) is 4.33. The molecule has 0 saturated heterocycles. The lowest BCUT2D eigenvalue weighted by Crippen LogP contribution is -2.18. The minimum atomic E-state index is 0.135. The summed E-state index contributed by atoms with van der Waals surface area (Å²) in [6, 6.07) is 7.92. The molecule has 4 nitrogen and oxygen atoms in total. The van der Waals surface area contributed by atoms with Crippen molar-refractivity contribution in [3.63, 3.8) is 0 Å². The van der Waals surface area contributed by atoms with Crippen LogP contribution in [0.4, 0.5) is 0 Å². The van der Waals surface area contributed by atoms with Crippen LogP contribution in [0.2, 0.25) is 5.02 Å². The van der Waals surface area contributed by atoms with Crippen LogP contribution in [0.5, 0.6) is 0 Å². The fourth-order valence-corrected chi connectivity index (χ4v) is 1.98. The molecular formula is C13H16ClN3O. The zero-order valence-electron chi connectivity index (χ0n) is 10.5. The summed E-state index contributed by atoms with van der Waals surface area (Å²) in [5.41, 5.74) is 1.06.